The van der Waals surface area contributed by atoms with Crippen LogP contribution in [0.4, 0.5) is 8.78 Å². The summed E-state index contributed by atoms with van der Waals surface area (Å²) in [5, 5.41) is 7.47. The highest BCUT2D eigenvalue weighted by Crippen LogP contribution is 2.42. The Labute approximate surface area is 182 Å². The lowest BCUT2D eigenvalue weighted by Crippen LogP contribution is -2.43. The summed E-state index contributed by atoms with van der Waals surface area (Å²) in [6, 6.07) is 3.39. The second kappa shape index (κ2) is 7.40. The highest BCUT2D eigenvalue weighted by Gasteiger charge is 2.49. The Hall–Kier alpha value is -3.27. The first-order valence-electron chi connectivity index (χ1n) is 10.4. The number of carbonyl (C=O) groups excluding carboxylic acids is 2. The number of fused-ring (bicyclic) bond motifs is 2. The molecule has 0 radical (unpaired) electrons. The molecule has 10 heteroatoms. The van der Waals surface area contributed by atoms with Gasteiger partial charge in [0.25, 0.3) is 11.8 Å². The van der Waals surface area contributed by atoms with E-state index in [0.29, 0.717) is 30.8 Å². The number of hydrogen-bond acceptors (Lipinski definition) is 4. The number of aromatic amines is 2. The van der Waals surface area contributed by atoms with Crippen LogP contribution in [0.1, 0.15) is 45.1 Å². The molecular formula is C22H23F2N5O3. The van der Waals surface area contributed by atoms with Crippen LogP contribution in [0, 0.1) is 11.6 Å². The predicted octanol–water partition coefficient (Wildman–Crippen LogP) is 2.62. The summed E-state index contributed by atoms with van der Waals surface area (Å²) >= 11 is 0. The van der Waals surface area contributed by atoms with Crippen LogP contribution < -0.4 is 0 Å². The molecule has 2 amide bonds. The van der Waals surface area contributed by atoms with Gasteiger partial charge in [-0.2, -0.15) is 5.10 Å². The zero-order chi connectivity index (χ0) is 22.6. The topological polar surface area (TPSA) is 94.3 Å². The second-order valence-electron chi connectivity index (χ2n) is 8.56. The van der Waals surface area contributed by atoms with E-state index in [4.69, 9.17) is 4.74 Å². The van der Waals surface area contributed by atoms with E-state index in [9.17, 15) is 18.4 Å². The van der Waals surface area contributed by atoms with Crippen molar-refractivity contribution in [3.05, 3.63) is 52.5 Å². The second-order valence-corrected chi connectivity index (χ2v) is 8.56. The summed E-state index contributed by atoms with van der Waals surface area (Å²) in [6.07, 6.45) is 2.26. The van der Waals surface area contributed by atoms with Crippen LogP contribution in [0.3, 0.4) is 0 Å². The van der Waals surface area contributed by atoms with Crippen molar-refractivity contribution in [1.82, 2.24) is 25.0 Å². The SMILES string of the molecule is COCC1(N(C)C(=O)c2n[nH]c3c2CN(C(=O)c2cc4cc(F)cc(F)c4[nH]2)CC3)CC1. The molecule has 2 N–H and O–H groups in total. The van der Waals surface area contributed by atoms with Crippen molar-refractivity contribution < 1.29 is 23.1 Å². The van der Waals surface area contributed by atoms with Gasteiger partial charge in [-0.25, -0.2) is 8.78 Å². The van der Waals surface area contributed by atoms with Crippen molar-refractivity contribution in [2.75, 3.05) is 27.3 Å². The monoisotopic (exact) mass is 443 g/mol. The summed E-state index contributed by atoms with van der Waals surface area (Å²) < 4.78 is 32.8. The Morgan fingerprint density at radius 1 is 1.28 bits per heavy atom. The van der Waals surface area contributed by atoms with Crippen LogP contribution in [0.15, 0.2) is 18.2 Å². The first-order chi connectivity index (χ1) is 15.3. The maximum Gasteiger partial charge on any atom is 0.274 e. The third-order valence-corrected chi connectivity index (χ3v) is 6.56. The molecule has 168 valence electrons. The molecule has 0 unspecified atom stereocenters. The van der Waals surface area contributed by atoms with E-state index in [2.05, 4.69) is 15.2 Å². The smallest absolute Gasteiger partial charge is 0.274 e. The number of H-pyrrole nitrogens is 2. The summed E-state index contributed by atoms with van der Waals surface area (Å²) in [7, 11) is 3.36. The molecule has 32 heavy (non-hydrogen) atoms. The number of rotatable bonds is 5. The zero-order valence-electron chi connectivity index (χ0n) is 17.8. The molecule has 0 atom stereocenters. The molecule has 1 aromatic carbocycles. The van der Waals surface area contributed by atoms with Crippen molar-refractivity contribution in [3.63, 3.8) is 0 Å². The fourth-order valence-electron chi connectivity index (χ4n) is 4.46. The summed E-state index contributed by atoms with van der Waals surface area (Å²) in [4.78, 5) is 32.3. The highest BCUT2D eigenvalue weighted by atomic mass is 19.1. The van der Waals surface area contributed by atoms with Crippen LogP contribution in [0.2, 0.25) is 0 Å². The van der Waals surface area contributed by atoms with Crippen LogP contribution in [-0.4, -0.2) is 69.6 Å². The number of halogens is 2. The van der Waals surface area contributed by atoms with Gasteiger partial charge < -0.3 is 19.5 Å². The molecule has 1 aliphatic heterocycles. The Balaban J connectivity index is 1.39. The fraction of sp³-hybridized carbons (Fsp3) is 0.409. The van der Waals surface area contributed by atoms with Crippen LogP contribution in [0.5, 0.6) is 0 Å². The Kier molecular flexibility index (Phi) is 4.77. The third-order valence-electron chi connectivity index (χ3n) is 6.56. The third kappa shape index (κ3) is 3.26. The van der Waals surface area contributed by atoms with E-state index in [1.54, 1.807) is 24.0 Å². The van der Waals surface area contributed by atoms with Gasteiger partial charge in [-0.1, -0.05) is 0 Å². The van der Waals surface area contributed by atoms with Gasteiger partial charge >= 0.3 is 0 Å². The summed E-state index contributed by atoms with van der Waals surface area (Å²) in [5.41, 5.74) is 1.76. The molecule has 1 aliphatic carbocycles. The molecule has 8 nitrogen and oxygen atoms in total. The van der Waals surface area contributed by atoms with Gasteiger partial charge in [-0.15, -0.1) is 0 Å². The molecule has 5 rings (SSSR count). The Morgan fingerprint density at radius 2 is 2.06 bits per heavy atom. The van der Waals surface area contributed by atoms with Crippen LogP contribution >= 0.6 is 0 Å². The van der Waals surface area contributed by atoms with Crippen LogP contribution in [-0.2, 0) is 17.7 Å². The number of nitrogens with zero attached hydrogens (tertiary/aromatic N) is 3. The van der Waals surface area contributed by atoms with E-state index in [1.165, 1.54) is 12.1 Å². The summed E-state index contributed by atoms with van der Waals surface area (Å²) in [6.45, 7) is 1.07. The number of nitrogens with one attached hydrogen (secondary N) is 2. The number of benzene rings is 1. The van der Waals surface area contributed by atoms with E-state index in [-0.39, 0.29) is 40.5 Å². The van der Waals surface area contributed by atoms with Gasteiger partial charge in [0.1, 0.15) is 17.3 Å². The van der Waals surface area contributed by atoms with Crippen molar-refractivity contribution in [3.8, 4) is 0 Å². The fourth-order valence-corrected chi connectivity index (χ4v) is 4.46. The van der Waals surface area contributed by atoms with E-state index >= 15 is 0 Å². The lowest BCUT2D eigenvalue weighted by Gasteiger charge is -2.29. The zero-order valence-corrected chi connectivity index (χ0v) is 17.8. The van der Waals surface area contributed by atoms with Crippen molar-refractivity contribution in [2.45, 2.75) is 31.3 Å². The molecular weight excluding hydrogens is 420 g/mol. The first kappa shape index (κ1) is 20.6. The molecule has 3 heterocycles. The maximum absolute atomic E-state index is 14.0. The molecule has 2 aliphatic rings. The van der Waals surface area contributed by atoms with Gasteiger partial charge in [0.2, 0.25) is 0 Å². The normalized spacial score (nSPS) is 16.8. The molecule has 0 bridgehead atoms. The van der Waals surface area contributed by atoms with Crippen molar-refractivity contribution in [2.24, 2.45) is 0 Å². The molecule has 0 spiro atoms. The Bertz CT molecular complexity index is 1230. The van der Waals surface area contributed by atoms with E-state index in [0.717, 1.165) is 24.6 Å². The summed E-state index contributed by atoms with van der Waals surface area (Å²) in [5.74, 6) is -2.02. The van der Waals surface area contributed by atoms with E-state index in [1.807, 2.05) is 0 Å². The molecule has 1 fully saturated rings. The quantitative estimate of drug-likeness (QED) is 0.634. The number of hydrogen-bond donors (Lipinski definition) is 2. The van der Waals surface area contributed by atoms with E-state index < -0.39 is 11.6 Å². The lowest BCUT2D eigenvalue weighted by molar-refractivity contribution is 0.0541. The van der Waals surface area contributed by atoms with Gasteiger partial charge in [-0.05, 0) is 25.0 Å². The first-order valence-corrected chi connectivity index (χ1v) is 10.4. The van der Waals surface area contributed by atoms with Crippen molar-refractivity contribution in [1.29, 1.82) is 0 Å². The number of ether oxygens (including phenoxy) is 1. The van der Waals surface area contributed by atoms with Crippen LogP contribution in [0.25, 0.3) is 10.9 Å². The molecule has 2 aromatic heterocycles. The largest absolute Gasteiger partial charge is 0.382 e. The maximum atomic E-state index is 14.0. The average Bonchev–Trinajstić information content (AvgIpc) is 3.23. The number of aromatic nitrogens is 3. The average molecular weight is 443 g/mol. The lowest BCUT2D eigenvalue weighted by atomic mass is 10.0. The molecule has 3 aromatic rings. The molecule has 1 saturated carbocycles. The highest BCUT2D eigenvalue weighted by molar-refractivity contribution is 5.99. The van der Waals surface area contributed by atoms with Gasteiger partial charge in [-0.3, -0.25) is 14.7 Å². The number of amides is 2. The minimum atomic E-state index is -0.754. The van der Waals surface area contributed by atoms with Gasteiger partial charge in [0.15, 0.2) is 5.69 Å². The van der Waals surface area contributed by atoms with Crippen molar-refractivity contribution >= 4 is 22.7 Å². The van der Waals surface area contributed by atoms with Gasteiger partial charge in [0, 0.05) is 49.8 Å². The minimum absolute atomic E-state index is 0.0844. The Morgan fingerprint density at radius 3 is 2.78 bits per heavy atom. The number of likely N-dealkylation sites (N-methyl/N-ethyl adjacent to an activating group) is 1. The molecule has 0 saturated heterocycles. The van der Waals surface area contributed by atoms with Gasteiger partial charge in [0.05, 0.1) is 24.2 Å². The number of carbonyl (C=O) groups is 2. The standard InChI is InChI=1S/C22H23F2N5O3/c1-28(22(4-5-22)11-32-2)21(31)19-14-10-29(6-3-16(14)26-27-19)20(30)17-8-12-7-13(23)9-15(24)18(12)25-17/h7-9,25H,3-6,10-11H2,1-2H3,(H,26,27). The minimum Gasteiger partial charge on any atom is -0.382 e. The number of methoxy groups -OCH3 is 1. The predicted molar refractivity (Wildman–Crippen MR) is 111 cm³/mol.